The maximum atomic E-state index is 13.4. The largest absolute Gasteiger partial charge is 0.460 e. The molecule has 0 saturated carbocycles. The van der Waals surface area contributed by atoms with Gasteiger partial charge in [0.05, 0.1) is 6.42 Å². The first-order chi connectivity index (χ1) is 9.54. The molecule has 104 valence electrons. The third-order valence-corrected chi connectivity index (χ3v) is 2.96. The molecule has 0 fully saturated rings. The van der Waals surface area contributed by atoms with Crippen LogP contribution in [-0.2, 0) is 22.6 Å². The quantitative estimate of drug-likeness (QED) is 0.695. The molecule has 20 heavy (non-hydrogen) atoms. The minimum atomic E-state index is -0.449. The summed E-state index contributed by atoms with van der Waals surface area (Å²) in [7, 11) is 0. The second-order valence-electron chi connectivity index (χ2n) is 4.31. The van der Waals surface area contributed by atoms with Gasteiger partial charge in [-0.2, -0.15) is 0 Å². The van der Waals surface area contributed by atoms with Crippen LogP contribution in [0.3, 0.4) is 0 Å². The van der Waals surface area contributed by atoms with Crippen LogP contribution in [0.2, 0.25) is 5.02 Å². The Labute approximate surface area is 121 Å². The molecule has 0 aliphatic rings. The second-order valence-corrected chi connectivity index (χ2v) is 4.75. The Balaban J connectivity index is 1.92. The van der Waals surface area contributed by atoms with Crippen molar-refractivity contribution in [3.05, 3.63) is 64.4 Å². The smallest absolute Gasteiger partial charge is 0.310 e. The highest BCUT2D eigenvalue weighted by molar-refractivity contribution is 6.30. The van der Waals surface area contributed by atoms with Crippen molar-refractivity contribution in [1.82, 2.24) is 0 Å². The van der Waals surface area contributed by atoms with E-state index in [1.165, 1.54) is 18.2 Å². The number of esters is 1. The summed E-state index contributed by atoms with van der Waals surface area (Å²) < 4.78 is 18.5. The zero-order valence-corrected chi connectivity index (χ0v) is 11.4. The van der Waals surface area contributed by atoms with Gasteiger partial charge in [-0.05, 0) is 35.9 Å². The highest BCUT2D eigenvalue weighted by atomic mass is 35.5. The van der Waals surface area contributed by atoms with Crippen LogP contribution in [-0.4, -0.2) is 5.97 Å². The van der Waals surface area contributed by atoms with Crippen LogP contribution in [0.1, 0.15) is 11.1 Å². The first-order valence-electron chi connectivity index (χ1n) is 5.98. The Hall–Kier alpha value is -2.07. The number of hydrogen-bond donors (Lipinski definition) is 1. The molecule has 0 aliphatic heterocycles. The molecular weight excluding hydrogens is 281 g/mol. The number of carbonyl (C=O) groups is 1. The molecule has 5 heteroatoms. The molecule has 2 aromatic carbocycles. The van der Waals surface area contributed by atoms with Gasteiger partial charge in [0, 0.05) is 16.3 Å². The predicted molar refractivity (Wildman–Crippen MR) is 75.8 cm³/mol. The van der Waals surface area contributed by atoms with Crippen molar-refractivity contribution in [3.63, 3.8) is 0 Å². The molecule has 0 bridgehead atoms. The molecule has 2 aromatic rings. The zero-order valence-electron chi connectivity index (χ0n) is 10.6. The molecular formula is C15H13ClFNO2. The monoisotopic (exact) mass is 293 g/mol. The van der Waals surface area contributed by atoms with E-state index in [9.17, 15) is 9.18 Å². The molecule has 2 rings (SSSR count). The fourth-order valence-corrected chi connectivity index (χ4v) is 1.86. The van der Waals surface area contributed by atoms with E-state index >= 15 is 0 Å². The fraction of sp³-hybridized carbons (Fsp3) is 0.133. The van der Waals surface area contributed by atoms with Crippen LogP contribution in [0.4, 0.5) is 10.1 Å². The number of halogens is 2. The van der Waals surface area contributed by atoms with E-state index in [1.54, 1.807) is 24.3 Å². The Kier molecular flexibility index (Phi) is 4.58. The molecule has 0 spiro atoms. The number of nitrogen functional groups attached to an aromatic ring is 1. The van der Waals surface area contributed by atoms with E-state index in [0.717, 1.165) is 5.56 Å². The van der Waals surface area contributed by atoms with E-state index in [1.807, 2.05) is 0 Å². The van der Waals surface area contributed by atoms with Crippen LogP contribution in [0.15, 0.2) is 42.5 Å². The summed E-state index contributed by atoms with van der Waals surface area (Å²) >= 11 is 5.76. The van der Waals surface area contributed by atoms with E-state index in [0.29, 0.717) is 10.7 Å². The lowest BCUT2D eigenvalue weighted by molar-refractivity contribution is -0.144. The predicted octanol–water partition coefficient (Wildman–Crippen LogP) is 3.35. The number of rotatable bonds is 4. The summed E-state index contributed by atoms with van der Waals surface area (Å²) in [5.74, 6) is -0.885. The topological polar surface area (TPSA) is 52.3 Å². The number of carbonyl (C=O) groups excluding carboxylic acids is 1. The normalized spacial score (nSPS) is 10.3. The maximum absolute atomic E-state index is 13.4. The van der Waals surface area contributed by atoms with Gasteiger partial charge in [0.2, 0.25) is 0 Å². The summed E-state index contributed by atoms with van der Waals surface area (Å²) in [5.41, 5.74) is 7.22. The molecule has 0 atom stereocenters. The van der Waals surface area contributed by atoms with Gasteiger partial charge >= 0.3 is 5.97 Å². The van der Waals surface area contributed by atoms with Gasteiger partial charge in [-0.1, -0.05) is 23.7 Å². The summed E-state index contributed by atoms with van der Waals surface area (Å²) in [6.07, 6.45) is 0.114. The van der Waals surface area contributed by atoms with Crippen molar-refractivity contribution in [3.8, 4) is 0 Å². The molecule has 0 amide bonds. The van der Waals surface area contributed by atoms with Gasteiger partial charge in [-0.15, -0.1) is 0 Å². The Morgan fingerprint density at radius 1 is 1.20 bits per heavy atom. The number of anilines is 1. The number of hydrogen-bond acceptors (Lipinski definition) is 3. The number of ether oxygens (including phenoxy) is 1. The SMILES string of the molecule is Nc1ccc(CC(=O)OCc2cc(Cl)ccc2F)cc1. The van der Waals surface area contributed by atoms with Crippen LogP contribution in [0.25, 0.3) is 0 Å². The first kappa shape index (κ1) is 14.3. The molecule has 2 N–H and O–H groups in total. The molecule has 0 aliphatic carbocycles. The van der Waals surface area contributed by atoms with Crippen molar-refractivity contribution in [2.24, 2.45) is 0 Å². The van der Waals surface area contributed by atoms with E-state index < -0.39 is 11.8 Å². The minimum Gasteiger partial charge on any atom is -0.460 e. The van der Waals surface area contributed by atoms with Gasteiger partial charge in [-0.25, -0.2) is 4.39 Å². The van der Waals surface area contributed by atoms with Gasteiger partial charge in [0.15, 0.2) is 0 Å². The average Bonchev–Trinajstić information content (AvgIpc) is 2.42. The summed E-state index contributed by atoms with van der Waals surface area (Å²) in [4.78, 5) is 11.7. The lowest BCUT2D eigenvalue weighted by Crippen LogP contribution is -2.08. The van der Waals surface area contributed by atoms with E-state index in [4.69, 9.17) is 22.1 Å². The first-order valence-corrected chi connectivity index (χ1v) is 6.36. The Morgan fingerprint density at radius 2 is 1.90 bits per heavy atom. The molecule has 0 radical (unpaired) electrons. The van der Waals surface area contributed by atoms with Gasteiger partial charge < -0.3 is 10.5 Å². The third-order valence-electron chi connectivity index (χ3n) is 2.72. The van der Waals surface area contributed by atoms with Crippen LogP contribution in [0.5, 0.6) is 0 Å². The van der Waals surface area contributed by atoms with Crippen molar-refractivity contribution in [1.29, 1.82) is 0 Å². The van der Waals surface area contributed by atoms with Crippen LogP contribution >= 0.6 is 11.6 Å². The zero-order chi connectivity index (χ0) is 14.5. The van der Waals surface area contributed by atoms with Gasteiger partial charge in [-0.3, -0.25) is 4.79 Å². The average molecular weight is 294 g/mol. The maximum Gasteiger partial charge on any atom is 0.310 e. The second kappa shape index (κ2) is 6.39. The third kappa shape index (κ3) is 3.96. The van der Waals surface area contributed by atoms with E-state index in [2.05, 4.69) is 0 Å². The fourth-order valence-electron chi connectivity index (χ4n) is 1.67. The van der Waals surface area contributed by atoms with Crippen molar-refractivity contribution in [2.75, 3.05) is 5.73 Å². The van der Waals surface area contributed by atoms with Crippen molar-refractivity contribution >= 4 is 23.3 Å². The van der Waals surface area contributed by atoms with Crippen LogP contribution < -0.4 is 5.73 Å². The minimum absolute atomic E-state index is 0.114. The standard InChI is InChI=1S/C15H13ClFNO2/c16-12-3-6-14(17)11(8-12)9-20-15(19)7-10-1-4-13(18)5-2-10/h1-6,8H,7,9,18H2. The van der Waals surface area contributed by atoms with Crippen LogP contribution in [0, 0.1) is 5.82 Å². The molecule has 0 heterocycles. The molecule has 0 aromatic heterocycles. The Bertz CT molecular complexity index is 614. The molecule has 0 saturated heterocycles. The highest BCUT2D eigenvalue weighted by Crippen LogP contribution is 2.16. The molecule has 3 nitrogen and oxygen atoms in total. The van der Waals surface area contributed by atoms with Crippen molar-refractivity contribution in [2.45, 2.75) is 13.0 Å². The van der Waals surface area contributed by atoms with Gasteiger partial charge in [0.25, 0.3) is 0 Å². The van der Waals surface area contributed by atoms with E-state index in [-0.39, 0.29) is 18.6 Å². The lowest BCUT2D eigenvalue weighted by atomic mass is 10.1. The Morgan fingerprint density at radius 3 is 2.60 bits per heavy atom. The summed E-state index contributed by atoms with van der Waals surface area (Å²) in [6, 6.07) is 11.0. The summed E-state index contributed by atoms with van der Waals surface area (Å²) in [6.45, 7) is -0.139. The lowest BCUT2D eigenvalue weighted by Gasteiger charge is -2.06. The summed E-state index contributed by atoms with van der Waals surface area (Å²) in [5, 5.41) is 0.399. The number of benzene rings is 2. The van der Waals surface area contributed by atoms with Gasteiger partial charge in [0.1, 0.15) is 12.4 Å². The number of nitrogens with two attached hydrogens (primary N) is 1. The highest BCUT2D eigenvalue weighted by Gasteiger charge is 2.08. The molecule has 0 unspecified atom stereocenters. The van der Waals surface area contributed by atoms with Crippen molar-refractivity contribution < 1.29 is 13.9 Å².